The molecule has 1 aromatic carbocycles. The van der Waals surface area contributed by atoms with E-state index >= 15 is 0 Å². The molecule has 4 rings (SSSR count). The molecule has 0 saturated carbocycles. The van der Waals surface area contributed by atoms with Crippen LogP contribution < -0.4 is 0 Å². The monoisotopic (exact) mass is 448 g/mol. The van der Waals surface area contributed by atoms with Crippen LogP contribution in [-0.4, -0.2) is 33.8 Å². The number of pyridine rings is 2. The topological polar surface area (TPSA) is 69.4 Å². The Kier molecular flexibility index (Phi) is 5.83. The quantitative estimate of drug-likeness (QED) is 0.276. The van der Waals surface area contributed by atoms with E-state index in [1.807, 2.05) is 4.57 Å². The summed E-state index contributed by atoms with van der Waals surface area (Å²) in [6.45, 7) is 5.67. The van der Waals surface area contributed by atoms with Crippen molar-refractivity contribution in [2.24, 2.45) is 4.99 Å². The molecule has 0 unspecified atom stereocenters. The highest BCUT2D eigenvalue weighted by Crippen LogP contribution is 2.34. The van der Waals surface area contributed by atoms with Gasteiger partial charge in [0.05, 0.1) is 24.0 Å². The van der Waals surface area contributed by atoms with Gasteiger partial charge in [0.25, 0.3) is 0 Å². The van der Waals surface area contributed by atoms with Crippen molar-refractivity contribution in [1.82, 2.24) is 14.5 Å². The molecule has 0 amide bonds. The molecule has 0 bridgehead atoms. The fourth-order valence-corrected chi connectivity index (χ4v) is 3.68. The number of carbonyl (C=O) groups is 1. The van der Waals surface area contributed by atoms with Crippen LogP contribution in [0.1, 0.15) is 23.0 Å². The minimum Gasteiger partial charge on any atom is -0.464 e. The Morgan fingerprint density at radius 3 is 2.81 bits per heavy atom. The lowest BCUT2D eigenvalue weighted by molar-refractivity contribution is 0.0596. The molecule has 3 heterocycles. The average molecular weight is 449 g/mol. The molecule has 0 aliphatic rings. The van der Waals surface area contributed by atoms with Crippen molar-refractivity contribution in [3.63, 3.8) is 0 Å². The number of nitrogens with zero attached hydrogens (tertiary/aromatic N) is 4. The van der Waals surface area contributed by atoms with E-state index < -0.39 is 11.8 Å². The average Bonchev–Trinajstić information content (AvgIpc) is 3.24. The summed E-state index contributed by atoms with van der Waals surface area (Å²) >= 11 is 6.11. The summed E-state index contributed by atoms with van der Waals surface area (Å²) in [4.78, 5) is 25.2. The zero-order valence-electron chi connectivity index (χ0n) is 17.3. The first-order valence-corrected chi connectivity index (χ1v) is 10.0. The molecule has 0 atom stereocenters. The number of aromatic nitrogens is 3. The van der Waals surface area contributed by atoms with E-state index in [0.717, 1.165) is 0 Å². The molecule has 32 heavy (non-hydrogen) atoms. The maximum absolute atomic E-state index is 14.6. The third-order valence-electron chi connectivity index (χ3n) is 4.93. The van der Waals surface area contributed by atoms with Gasteiger partial charge in [-0.1, -0.05) is 24.3 Å². The number of rotatable bonds is 5. The number of methoxy groups -OCH3 is 1. The zero-order chi connectivity index (χ0) is 22.8. The normalized spacial score (nSPS) is 11.2. The Balaban J connectivity index is 2.04. The number of fused-ring (bicyclic) bond motifs is 1. The van der Waals surface area contributed by atoms with Crippen LogP contribution >= 0.6 is 11.6 Å². The first-order chi connectivity index (χ1) is 15.5. The van der Waals surface area contributed by atoms with Crippen LogP contribution in [0.3, 0.4) is 0 Å². The van der Waals surface area contributed by atoms with Crippen LogP contribution in [0.25, 0.3) is 33.9 Å². The summed E-state index contributed by atoms with van der Waals surface area (Å²) < 4.78 is 21.3. The van der Waals surface area contributed by atoms with E-state index in [4.69, 9.17) is 16.3 Å². The molecule has 0 N–H and O–H groups in total. The Hall–Kier alpha value is -3.84. The van der Waals surface area contributed by atoms with Crippen molar-refractivity contribution >= 4 is 46.6 Å². The smallest absolute Gasteiger partial charge is 0.357 e. The summed E-state index contributed by atoms with van der Waals surface area (Å²) in [5.41, 5.74) is 2.81. The molecule has 0 saturated heterocycles. The van der Waals surface area contributed by atoms with Crippen molar-refractivity contribution in [2.45, 2.75) is 6.92 Å². The van der Waals surface area contributed by atoms with Gasteiger partial charge in [0.15, 0.2) is 11.5 Å². The summed E-state index contributed by atoms with van der Waals surface area (Å²) in [6.07, 6.45) is 6.56. The summed E-state index contributed by atoms with van der Waals surface area (Å²) in [5, 5.41) is 1.00. The van der Waals surface area contributed by atoms with Gasteiger partial charge in [-0.15, -0.1) is 0 Å². The van der Waals surface area contributed by atoms with E-state index in [0.29, 0.717) is 38.7 Å². The number of halogens is 2. The van der Waals surface area contributed by atoms with Crippen molar-refractivity contribution in [2.75, 3.05) is 7.11 Å². The number of benzene rings is 1. The highest BCUT2D eigenvalue weighted by Gasteiger charge is 2.19. The standard InChI is InChI=1S/C24H18ClFN4O2/c1-4-15-21(30-11-9-16-20(30)8-10-28-22(16)24(31)32-3)13-19(29-23(15)27-5-2)17-12-14(25)6-7-18(17)26/h4-13H,1H2,2-3H3. The summed E-state index contributed by atoms with van der Waals surface area (Å²) in [6, 6.07) is 9.57. The second-order valence-corrected chi connectivity index (χ2v) is 7.19. The lowest BCUT2D eigenvalue weighted by atomic mass is 10.1. The number of esters is 1. The van der Waals surface area contributed by atoms with Crippen LogP contribution in [0.15, 0.2) is 60.4 Å². The maximum Gasteiger partial charge on any atom is 0.357 e. The van der Waals surface area contributed by atoms with Crippen LogP contribution in [0.4, 0.5) is 10.2 Å². The fraction of sp³-hybridized carbons (Fsp3) is 0.0833. The number of aliphatic imine (C=N–C) groups is 1. The van der Waals surface area contributed by atoms with Crippen molar-refractivity contribution in [3.05, 3.63) is 77.5 Å². The first-order valence-electron chi connectivity index (χ1n) is 9.64. The predicted molar refractivity (Wildman–Crippen MR) is 125 cm³/mol. The molecular weight excluding hydrogens is 431 g/mol. The van der Waals surface area contributed by atoms with Crippen LogP contribution in [-0.2, 0) is 4.74 Å². The maximum atomic E-state index is 14.6. The SMILES string of the molecule is C=Cc1c(-n2ccc3c(C(=O)OC)nccc32)cc(-c2cc(Cl)ccc2F)nc1N=CC. The van der Waals surface area contributed by atoms with Gasteiger partial charge in [-0.05, 0) is 43.3 Å². The lowest BCUT2D eigenvalue weighted by Gasteiger charge is -2.15. The fourth-order valence-electron chi connectivity index (χ4n) is 3.51. The van der Waals surface area contributed by atoms with E-state index in [-0.39, 0.29) is 11.3 Å². The van der Waals surface area contributed by atoms with E-state index in [2.05, 4.69) is 21.5 Å². The number of hydrogen-bond donors (Lipinski definition) is 0. The van der Waals surface area contributed by atoms with E-state index in [1.165, 1.54) is 31.5 Å². The Morgan fingerprint density at radius 2 is 2.09 bits per heavy atom. The van der Waals surface area contributed by atoms with E-state index in [1.54, 1.807) is 43.6 Å². The van der Waals surface area contributed by atoms with Gasteiger partial charge < -0.3 is 9.30 Å². The molecule has 3 aromatic heterocycles. The Labute approximate surface area is 188 Å². The zero-order valence-corrected chi connectivity index (χ0v) is 18.1. The largest absolute Gasteiger partial charge is 0.464 e. The third kappa shape index (κ3) is 3.67. The molecule has 160 valence electrons. The Morgan fingerprint density at radius 1 is 1.28 bits per heavy atom. The second-order valence-electron chi connectivity index (χ2n) is 6.75. The summed E-state index contributed by atoms with van der Waals surface area (Å²) in [7, 11) is 1.30. The first kappa shape index (κ1) is 21.4. The molecule has 6 nitrogen and oxygen atoms in total. The van der Waals surface area contributed by atoms with Crippen LogP contribution in [0.2, 0.25) is 5.02 Å². The number of hydrogen-bond acceptors (Lipinski definition) is 5. The molecular formula is C24H18ClFN4O2. The molecule has 0 fully saturated rings. The minimum atomic E-state index is -0.537. The van der Waals surface area contributed by atoms with Gasteiger partial charge >= 0.3 is 5.97 Å². The molecule has 0 aliphatic heterocycles. The van der Waals surface area contributed by atoms with Gasteiger partial charge in [0.2, 0.25) is 0 Å². The molecule has 0 spiro atoms. The van der Waals surface area contributed by atoms with Crippen LogP contribution in [0, 0.1) is 5.82 Å². The molecule has 8 heteroatoms. The molecule has 0 aliphatic carbocycles. The van der Waals surface area contributed by atoms with Crippen molar-refractivity contribution in [1.29, 1.82) is 0 Å². The van der Waals surface area contributed by atoms with Gasteiger partial charge in [-0.2, -0.15) is 0 Å². The molecule has 0 radical (unpaired) electrons. The Bertz CT molecular complexity index is 1390. The lowest BCUT2D eigenvalue weighted by Crippen LogP contribution is -2.05. The van der Waals surface area contributed by atoms with Gasteiger partial charge in [0.1, 0.15) is 5.82 Å². The molecule has 4 aromatic rings. The summed E-state index contributed by atoms with van der Waals surface area (Å²) in [5.74, 6) is -0.622. The van der Waals surface area contributed by atoms with E-state index in [9.17, 15) is 9.18 Å². The third-order valence-corrected chi connectivity index (χ3v) is 5.17. The van der Waals surface area contributed by atoms with Crippen molar-refractivity contribution < 1.29 is 13.9 Å². The second kappa shape index (κ2) is 8.72. The van der Waals surface area contributed by atoms with Gasteiger partial charge in [-0.3, -0.25) is 0 Å². The van der Waals surface area contributed by atoms with Gasteiger partial charge in [0, 0.05) is 40.1 Å². The van der Waals surface area contributed by atoms with Crippen LogP contribution in [0.5, 0.6) is 0 Å². The predicted octanol–water partition coefficient (Wildman–Crippen LogP) is 6.03. The van der Waals surface area contributed by atoms with Gasteiger partial charge in [-0.25, -0.2) is 24.1 Å². The number of ether oxygens (including phenoxy) is 1. The minimum absolute atomic E-state index is 0.200. The highest BCUT2D eigenvalue weighted by molar-refractivity contribution is 6.30. The number of carbonyl (C=O) groups excluding carboxylic acids is 1. The highest BCUT2D eigenvalue weighted by atomic mass is 35.5. The van der Waals surface area contributed by atoms with Crippen molar-refractivity contribution in [3.8, 4) is 16.9 Å².